The Morgan fingerprint density at radius 2 is 1.65 bits per heavy atom. The third kappa shape index (κ3) is 4.23. The van der Waals surface area contributed by atoms with Gasteiger partial charge in [-0.05, 0) is 45.0 Å². The zero-order valence-corrected chi connectivity index (χ0v) is 17.8. The second-order valence-electron chi connectivity index (χ2n) is 8.47. The summed E-state index contributed by atoms with van der Waals surface area (Å²) in [6.45, 7) is 7.14. The summed E-state index contributed by atoms with van der Waals surface area (Å²) in [7, 11) is 0. The highest BCUT2D eigenvalue weighted by molar-refractivity contribution is 5.78. The highest BCUT2D eigenvalue weighted by atomic mass is 19.1. The molecule has 7 nitrogen and oxygen atoms in total. The third-order valence-electron chi connectivity index (χ3n) is 5.07. The Hall–Kier alpha value is -3.42. The molecule has 3 aromatic rings. The Bertz CT molecular complexity index is 1180. The van der Waals surface area contributed by atoms with Gasteiger partial charge in [-0.25, -0.2) is 14.2 Å². The number of para-hydroxylation sites is 3. The lowest BCUT2D eigenvalue weighted by Crippen LogP contribution is -2.51. The maximum atomic E-state index is 14.6. The molecular weight excluding hydrogens is 399 g/mol. The lowest BCUT2D eigenvalue weighted by Gasteiger charge is -2.36. The van der Waals surface area contributed by atoms with E-state index in [4.69, 9.17) is 4.74 Å². The molecule has 8 heteroatoms. The third-order valence-corrected chi connectivity index (χ3v) is 5.07. The molecule has 1 aliphatic heterocycles. The van der Waals surface area contributed by atoms with Crippen LogP contribution in [0.3, 0.4) is 0 Å². The van der Waals surface area contributed by atoms with Crippen molar-refractivity contribution >= 4 is 22.9 Å². The van der Waals surface area contributed by atoms with Crippen molar-refractivity contribution < 1.29 is 13.9 Å². The summed E-state index contributed by atoms with van der Waals surface area (Å²) in [5, 5.41) is 0. The minimum Gasteiger partial charge on any atom is -0.444 e. The molecule has 0 saturated carbocycles. The summed E-state index contributed by atoms with van der Waals surface area (Å²) in [6, 6.07) is 13.4. The summed E-state index contributed by atoms with van der Waals surface area (Å²) in [5.41, 5.74) is 0.347. The van der Waals surface area contributed by atoms with Crippen molar-refractivity contribution in [2.24, 2.45) is 0 Å². The van der Waals surface area contributed by atoms with E-state index in [1.54, 1.807) is 41.3 Å². The first kappa shape index (κ1) is 20.8. The Balaban J connectivity index is 1.69. The van der Waals surface area contributed by atoms with Gasteiger partial charge in [0, 0.05) is 26.2 Å². The highest BCUT2D eigenvalue weighted by Gasteiger charge is 2.28. The number of nitrogens with zero attached hydrogens (tertiary/aromatic N) is 4. The normalized spacial score (nSPS) is 14.7. The quantitative estimate of drug-likeness (QED) is 0.629. The molecular formula is C23H25FN4O3. The van der Waals surface area contributed by atoms with Crippen molar-refractivity contribution in [3.63, 3.8) is 0 Å². The van der Waals surface area contributed by atoms with Crippen LogP contribution in [0.25, 0.3) is 16.7 Å². The molecule has 0 spiro atoms. The summed E-state index contributed by atoms with van der Waals surface area (Å²) >= 11 is 0. The summed E-state index contributed by atoms with van der Waals surface area (Å²) in [5.74, 6) is -0.243. The predicted octanol–water partition coefficient (Wildman–Crippen LogP) is 3.58. The maximum absolute atomic E-state index is 14.6. The first-order chi connectivity index (χ1) is 14.7. The van der Waals surface area contributed by atoms with Crippen molar-refractivity contribution in [3.05, 3.63) is 64.7 Å². The standard InChI is InChI=1S/C23H25FN4O3/c1-23(2,3)31-22(30)27-14-12-26(13-15-27)20-21(29)28(18-10-6-4-8-16(18)24)19-11-7-5-9-17(19)25-20/h4-11H,12-15H2,1-3H3. The molecule has 1 amide bonds. The average Bonchev–Trinajstić information content (AvgIpc) is 2.73. The van der Waals surface area contributed by atoms with Crippen molar-refractivity contribution in [2.75, 3.05) is 31.1 Å². The van der Waals surface area contributed by atoms with Gasteiger partial charge < -0.3 is 14.5 Å². The van der Waals surface area contributed by atoms with E-state index in [0.717, 1.165) is 0 Å². The molecule has 0 aliphatic carbocycles. The molecule has 2 aromatic carbocycles. The number of aromatic nitrogens is 2. The largest absolute Gasteiger partial charge is 0.444 e. The molecule has 162 valence electrons. The van der Waals surface area contributed by atoms with Crippen LogP contribution >= 0.6 is 0 Å². The summed E-state index contributed by atoms with van der Waals surface area (Å²) < 4.78 is 21.4. The number of hydrogen-bond donors (Lipinski definition) is 0. The molecule has 1 saturated heterocycles. The van der Waals surface area contributed by atoms with Crippen LogP contribution in [-0.2, 0) is 4.74 Å². The number of carbonyl (C=O) groups is 1. The number of halogens is 1. The number of carbonyl (C=O) groups excluding carboxylic acids is 1. The van der Waals surface area contributed by atoms with E-state index in [2.05, 4.69) is 4.98 Å². The molecule has 0 N–H and O–H groups in total. The van der Waals surface area contributed by atoms with Crippen LogP contribution in [-0.4, -0.2) is 52.3 Å². The molecule has 4 rings (SSSR count). The molecule has 2 heterocycles. The molecule has 31 heavy (non-hydrogen) atoms. The number of hydrogen-bond acceptors (Lipinski definition) is 5. The van der Waals surface area contributed by atoms with Crippen molar-refractivity contribution in [1.82, 2.24) is 14.5 Å². The van der Waals surface area contributed by atoms with Gasteiger partial charge in [0.25, 0.3) is 5.56 Å². The fourth-order valence-electron chi connectivity index (χ4n) is 3.62. The second kappa shape index (κ2) is 8.02. The SMILES string of the molecule is CC(C)(C)OC(=O)N1CCN(c2nc3ccccc3n(-c3ccccc3F)c2=O)CC1. The topological polar surface area (TPSA) is 67.7 Å². The first-order valence-corrected chi connectivity index (χ1v) is 10.2. The van der Waals surface area contributed by atoms with E-state index >= 15 is 0 Å². The number of ether oxygens (including phenoxy) is 1. The smallest absolute Gasteiger partial charge is 0.410 e. The van der Waals surface area contributed by atoms with Crippen LogP contribution in [0.2, 0.25) is 0 Å². The van der Waals surface area contributed by atoms with Crippen LogP contribution in [0.15, 0.2) is 53.3 Å². The van der Waals surface area contributed by atoms with Crippen molar-refractivity contribution in [1.29, 1.82) is 0 Å². The minimum absolute atomic E-state index is 0.180. The maximum Gasteiger partial charge on any atom is 0.410 e. The van der Waals surface area contributed by atoms with Gasteiger partial charge in [-0.15, -0.1) is 0 Å². The number of anilines is 1. The first-order valence-electron chi connectivity index (χ1n) is 10.2. The zero-order valence-electron chi connectivity index (χ0n) is 17.8. The number of piperazine rings is 1. The van der Waals surface area contributed by atoms with E-state index < -0.39 is 17.0 Å². The number of benzene rings is 2. The van der Waals surface area contributed by atoms with Gasteiger partial charge in [-0.1, -0.05) is 24.3 Å². The fraction of sp³-hybridized carbons (Fsp3) is 0.348. The fourth-order valence-corrected chi connectivity index (χ4v) is 3.62. The predicted molar refractivity (Wildman–Crippen MR) is 117 cm³/mol. The van der Waals surface area contributed by atoms with E-state index in [1.807, 2.05) is 31.7 Å². The van der Waals surface area contributed by atoms with Gasteiger partial charge in [0.1, 0.15) is 11.4 Å². The molecule has 0 unspecified atom stereocenters. The van der Waals surface area contributed by atoms with E-state index in [-0.39, 0.29) is 17.6 Å². The van der Waals surface area contributed by atoms with Gasteiger partial charge >= 0.3 is 6.09 Å². The lowest BCUT2D eigenvalue weighted by atomic mass is 10.2. The average molecular weight is 424 g/mol. The van der Waals surface area contributed by atoms with Crippen LogP contribution < -0.4 is 10.5 Å². The van der Waals surface area contributed by atoms with E-state index in [9.17, 15) is 14.0 Å². The van der Waals surface area contributed by atoms with Gasteiger partial charge in [0.2, 0.25) is 0 Å². The lowest BCUT2D eigenvalue weighted by molar-refractivity contribution is 0.0240. The number of amides is 1. The molecule has 0 atom stereocenters. The number of rotatable bonds is 2. The Morgan fingerprint density at radius 1 is 1.00 bits per heavy atom. The Labute approximate surface area is 179 Å². The van der Waals surface area contributed by atoms with Crippen LogP contribution in [0.5, 0.6) is 0 Å². The minimum atomic E-state index is -0.568. The van der Waals surface area contributed by atoms with Crippen LogP contribution in [0.4, 0.5) is 15.0 Å². The van der Waals surface area contributed by atoms with E-state index in [1.165, 1.54) is 10.6 Å². The van der Waals surface area contributed by atoms with Crippen LogP contribution in [0, 0.1) is 5.82 Å². The molecule has 1 fully saturated rings. The van der Waals surface area contributed by atoms with Crippen molar-refractivity contribution in [3.8, 4) is 5.69 Å². The molecule has 0 radical (unpaired) electrons. The Morgan fingerprint density at radius 3 is 2.32 bits per heavy atom. The van der Waals surface area contributed by atoms with Gasteiger partial charge in [0.15, 0.2) is 5.82 Å². The molecule has 0 bridgehead atoms. The summed E-state index contributed by atoms with van der Waals surface area (Å²) in [6.07, 6.45) is -0.373. The van der Waals surface area contributed by atoms with E-state index in [0.29, 0.717) is 37.2 Å². The zero-order chi connectivity index (χ0) is 22.2. The molecule has 1 aliphatic rings. The Kier molecular flexibility index (Phi) is 5.39. The number of fused-ring (bicyclic) bond motifs is 1. The second-order valence-corrected chi connectivity index (χ2v) is 8.47. The summed E-state index contributed by atoms with van der Waals surface area (Å²) in [4.78, 5) is 33.8. The highest BCUT2D eigenvalue weighted by Crippen LogP contribution is 2.21. The van der Waals surface area contributed by atoms with Crippen molar-refractivity contribution in [2.45, 2.75) is 26.4 Å². The van der Waals surface area contributed by atoms with Gasteiger partial charge in [-0.3, -0.25) is 9.36 Å². The van der Waals surface area contributed by atoms with Gasteiger partial charge in [-0.2, -0.15) is 0 Å². The monoisotopic (exact) mass is 424 g/mol. The molecule has 1 aromatic heterocycles. The van der Waals surface area contributed by atoms with Crippen LogP contribution in [0.1, 0.15) is 20.8 Å². The van der Waals surface area contributed by atoms with Gasteiger partial charge in [0.05, 0.1) is 16.7 Å².